The van der Waals surface area contributed by atoms with E-state index in [4.69, 9.17) is 5.73 Å². The predicted octanol–water partition coefficient (Wildman–Crippen LogP) is 7.12. The maximum Gasteiger partial charge on any atom is 0.127 e. The number of allylic oxidation sites excluding steroid dienone is 5. The third kappa shape index (κ3) is 4.81. The third-order valence-electron chi connectivity index (χ3n) is 9.05. The van der Waals surface area contributed by atoms with E-state index in [1.54, 1.807) is 20.0 Å². The molecular formula is C33H44FN3. The minimum absolute atomic E-state index is 0.0490. The summed E-state index contributed by atoms with van der Waals surface area (Å²) in [7, 11) is 1.75. The van der Waals surface area contributed by atoms with Crippen molar-refractivity contribution in [3.05, 3.63) is 94.0 Å². The van der Waals surface area contributed by atoms with Gasteiger partial charge in [-0.3, -0.25) is 4.99 Å². The molecule has 0 amide bonds. The van der Waals surface area contributed by atoms with Gasteiger partial charge in [0.15, 0.2) is 0 Å². The largest absolute Gasteiger partial charge is 0.381 e. The van der Waals surface area contributed by atoms with E-state index in [0.717, 1.165) is 40.8 Å². The Kier molecular flexibility index (Phi) is 7.54. The van der Waals surface area contributed by atoms with Gasteiger partial charge in [-0.25, -0.2) is 4.39 Å². The number of aliphatic imine (C=N–C) groups is 1. The van der Waals surface area contributed by atoms with Crippen LogP contribution in [-0.2, 0) is 0 Å². The molecule has 0 heterocycles. The Balaban J connectivity index is 1.78. The van der Waals surface area contributed by atoms with E-state index in [1.165, 1.54) is 17.6 Å². The molecule has 0 aromatic heterocycles. The average Bonchev–Trinajstić information content (AvgIpc) is 3.55. The van der Waals surface area contributed by atoms with Gasteiger partial charge in [-0.05, 0) is 119 Å². The van der Waals surface area contributed by atoms with E-state index in [2.05, 4.69) is 62.5 Å². The smallest absolute Gasteiger partial charge is 0.127 e. The quantitative estimate of drug-likeness (QED) is 0.226. The van der Waals surface area contributed by atoms with Gasteiger partial charge in [0.1, 0.15) is 5.82 Å². The van der Waals surface area contributed by atoms with Gasteiger partial charge in [-0.15, -0.1) is 0 Å². The molecule has 1 aromatic rings. The molecule has 5 rings (SSSR count). The Bertz CT molecular complexity index is 1240. The Labute approximate surface area is 223 Å². The summed E-state index contributed by atoms with van der Waals surface area (Å²) >= 11 is 0. The fourth-order valence-electron chi connectivity index (χ4n) is 7.27. The number of fused-ring (bicyclic) bond motifs is 2. The second-order valence-electron chi connectivity index (χ2n) is 11.8. The van der Waals surface area contributed by atoms with Crippen molar-refractivity contribution in [3.63, 3.8) is 0 Å². The van der Waals surface area contributed by atoms with Crippen LogP contribution in [0.2, 0.25) is 0 Å². The fourth-order valence-corrected chi connectivity index (χ4v) is 7.27. The number of hydrogen-bond acceptors (Lipinski definition) is 3. The lowest BCUT2D eigenvalue weighted by Crippen LogP contribution is -2.60. The first-order valence-electron chi connectivity index (χ1n) is 13.6. The highest BCUT2D eigenvalue weighted by Gasteiger charge is 2.69. The van der Waals surface area contributed by atoms with Crippen LogP contribution in [0, 0.1) is 43.3 Å². The lowest BCUT2D eigenvalue weighted by Gasteiger charge is -2.52. The van der Waals surface area contributed by atoms with Crippen molar-refractivity contribution in [2.45, 2.75) is 72.4 Å². The standard InChI is InChI=1S/C33H44FN3/c1-10-11-23(18(2)3)29(16-21(7)31(36-9)25-14-20(6)15-28(34)22(25)8)37-32-26-13-12-24(30(32)19(4)5)27-17-33(26,27)35/h10-11,14-16,24,26-27,30,32,37H,4,7,12-13,17,35H2,1-3,5-6,8-9H3/b11-10-,29-16+,36-31-. The molecule has 6 atom stereocenters. The van der Waals surface area contributed by atoms with Crippen LogP contribution in [0.15, 0.2) is 76.5 Å². The molecule has 4 heteroatoms. The Hall–Kier alpha value is -2.72. The SMILES string of the molecule is C=C(/C=C(/NC1C(C(=C)C)C2CCC1C1(N)CC21)C(/C=C\C)=C(C)C)/C(=N/C)c1cc(C)cc(F)c1C. The lowest BCUT2D eigenvalue weighted by atomic mass is 9.58. The molecule has 1 aromatic carbocycles. The van der Waals surface area contributed by atoms with Crippen molar-refractivity contribution in [2.75, 3.05) is 7.05 Å². The number of nitrogens with zero attached hydrogens (tertiary/aromatic N) is 1. The maximum atomic E-state index is 14.6. The molecule has 0 spiro atoms. The number of benzene rings is 1. The van der Waals surface area contributed by atoms with E-state index in [1.807, 2.05) is 19.9 Å². The molecule has 3 N–H and O–H groups in total. The number of nitrogens with one attached hydrogen (secondary N) is 1. The molecule has 6 unspecified atom stereocenters. The molecule has 0 saturated heterocycles. The normalized spacial score (nSPS) is 30.8. The van der Waals surface area contributed by atoms with Crippen LogP contribution in [0.5, 0.6) is 0 Å². The number of rotatable bonds is 8. The Morgan fingerprint density at radius 3 is 2.46 bits per heavy atom. The van der Waals surface area contributed by atoms with Gasteiger partial charge in [0.2, 0.25) is 0 Å². The van der Waals surface area contributed by atoms with E-state index >= 15 is 0 Å². The second kappa shape index (κ2) is 10.2. The van der Waals surface area contributed by atoms with Gasteiger partial charge in [0.25, 0.3) is 0 Å². The fraction of sp³-hybridized carbons (Fsp3) is 0.485. The third-order valence-corrected chi connectivity index (χ3v) is 9.05. The molecule has 2 bridgehead atoms. The van der Waals surface area contributed by atoms with Crippen LogP contribution in [0.25, 0.3) is 0 Å². The van der Waals surface area contributed by atoms with Gasteiger partial charge in [-0.1, -0.05) is 36.5 Å². The summed E-state index contributed by atoms with van der Waals surface area (Å²) in [5.74, 6) is 1.81. The lowest BCUT2D eigenvalue weighted by molar-refractivity contribution is 0.0520. The zero-order valence-corrected chi connectivity index (χ0v) is 23.7. The van der Waals surface area contributed by atoms with E-state index in [0.29, 0.717) is 34.9 Å². The first-order chi connectivity index (χ1) is 17.4. The number of halogens is 1. The van der Waals surface area contributed by atoms with Crippen LogP contribution in [0.1, 0.15) is 63.6 Å². The molecule has 0 radical (unpaired) electrons. The molecule has 3 nitrogen and oxygen atoms in total. The minimum atomic E-state index is -0.222. The highest BCUT2D eigenvalue weighted by molar-refractivity contribution is 6.15. The number of nitrogens with two attached hydrogens (primary N) is 1. The molecule has 4 aliphatic carbocycles. The zero-order chi connectivity index (χ0) is 27.2. The molecule has 4 fully saturated rings. The van der Waals surface area contributed by atoms with Crippen molar-refractivity contribution in [1.29, 1.82) is 0 Å². The molecule has 4 saturated carbocycles. The summed E-state index contributed by atoms with van der Waals surface area (Å²) in [6, 6.07) is 3.77. The van der Waals surface area contributed by atoms with Gasteiger partial charge < -0.3 is 11.1 Å². The second-order valence-corrected chi connectivity index (χ2v) is 11.8. The van der Waals surface area contributed by atoms with Crippen LogP contribution < -0.4 is 11.1 Å². The van der Waals surface area contributed by atoms with E-state index < -0.39 is 0 Å². The van der Waals surface area contributed by atoms with Crippen LogP contribution in [0.4, 0.5) is 4.39 Å². The highest BCUT2D eigenvalue weighted by Crippen LogP contribution is 2.66. The Morgan fingerprint density at radius 1 is 1.16 bits per heavy atom. The van der Waals surface area contributed by atoms with Crippen LogP contribution in [0.3, 0.4) is 0 Å². The monoisotopic (exact) mass is 501 g/mol. The highest BCUT2D eigenvalue weighted by atomic mass is 19.1. The Morgan fingerprint density at radius 2 is 1.86 bits per heavy atom. The number of hydrogen-bond donors (Lipinski definition) is 2. The van der Waals surface area contributed by atoms with E-state index in [-0.39, 0.29) is 17.4 Å². The minimum Gasteiger partial charge on any atom is -0.381 e. The first-order valence-corrected chi connectivity index (χ1v) is 13.6. The van der Waals surface area contributed by atoms with Crippen molar-refractivity contribution in [1.82, 2.24) is 5.32 Å². The summed E-state index contributed by atoms with van der Waals surface area (Å²) in [6.07, 6.45) is 9.84. The molecule has 37 heavy (non-hydrogen) atoms. The average molecular weight is 502 g/mol. The summed E-state index contributed by atoms with van der Waals surface area (Å²) in [4.78, 5) is 4.57. The van der Waals surface area contributed by atoms with Crippen molar-refractivity contribution < 1.29 is 4.39 Å². The zero-order valence-electron chi connectivity index (χ0n) is 23.7. The van der Waals surface area contributed by atoms with Gasteiger partial charge in [-0.2, -0.15) is 0 Å². The van der Waals surface area contributed by atoms with Gasteiger partial charge in [0.05, 0.1) is 5.71 Å². The van der Waals surface area contributed by atoms with Gasteiger partial charge >= 0.3 is 0 Å². The number of aryl methyl sites for hydroxylation is 1. The van der Waals surface area contributed by atoms with Crippen molar-refractivity contribution in [2.24, 2.45) is 34.4 Å². The van der Waals surface area contributed by atoms with Crippen LogP contribution >= 0.6 is 0 Å². The summed E-state index contributed by atoms with van der Waals surface area (Å²) < 4.78 is 14.6. The topological polar surface area (TPSA) is 50.4 Å². The summed E-state index contributed by atoms with van der Waals surface area (Å²) in [6.45, 7) is 21.0. The summed E-state index contributed by atoms with van der Waals surface area (Å²) in [5, 5.41) is 3.99. The van der Waals surface area contributed by atoms with Crippen molar-refractivity contribution in [3.8, 4) is 0 Å². The maximum absolute atomic E-state index is 14.6. The molecule has 0 aliphatic heterocycles. The van der Waals surface area contributed by atoms with Gasteiger partial charge in [0, 0.05) is 35.8 Å². The van der Waals surface area contributed by atoms with E-state index in [9.17, 15) is 4.39 Å². The first kappa shape index (κ1) is 27.3. The van der Waals surface area contributed by atoms with Crippen molar-refractivity contribution >= 4 is 5.71 Å². The van der Waals surface area contributed by atoms with Crippen LogP contribution in [-0.4, -0.2) is 24.3 Å². The molecule has 198 valence electrons. The molecule has 4 aliphatic rings. The predicted molar refractivity (Wildman–Crippen MR) is 155 cm³/mol. The molecular weight excluding hydrogens is 457 g/mol. The summed E-state index contributed by atoms with van der Waals surface area (Å²) in [5.41, 5.74) is 15.2.